The minimum Gasteiger partial charge on any atom is -0.398 e. The van der Waals surface area contributed by atoms with Gasteiger partial charge in [-0.15, -0.1) is 0 Å². The summed E-state index contributed by atoms with van der Waals surface area (Å²) in [5.41, 5.74) is 7.67. The van der Waals surface area contributed by atoms with Crippen molar-refractivity contribution >= 4 is 29.0 Å². The van der Waals surface area contributed by atoms with E-state index in [1.807, 2.05) is 72.8 Å². The van der Waals surface area contributed by atoms with Crippen LogP contribution in [0.15, 0.2) is 88.7 Å². The monoisotopic (exact) mass is 320 g/mol. The van der Waals surface area contributed by atoms with Crippen molar-refractivity contribution in [3.63, 3.8) is 0 Å². The maximum Gasteiger partial charge on any atom is 0.257 e. The van der Waals surface area contributed by atoms with Crippen LogP contribution in [0.1, 0.15) is 10.4 Å². The highest BCUT2D eigenvalue weighted by atomic mass is 32.2. The molecule has 3 N–H and O–H groups in total. The Labute approximate surface area is 139 Å². The van der Waals surface area contributed by atoms with Gasteiger partial charge in [0, 0.05) is 21.2 Å². The van der Waals surface area contributed by atoms with Crippen LogP contribution in [0.4, 0.5) is 11.4 Å². The van der Waals surface area contributed by atoms with Crippen LogP contribution in [0, 0.1) is 0 Å². The van der Waals surface area contributed by atoms with Crippen LogP contribution in [0.25, 0.3) is 0 Å². The molecule has 0 atom stereocenters. The van der Waals surface area contributed by atoms with E-state index in [0.717, 1.165) is 15.5 Å². The molecule has 0 heterocycles. The van der Waals surface area contributed by atoms with E-state index in [2.05, 4.69) is 5.32 Å². The summed E-state index contributed by atoms with van der Waals surface area (Å²) >= 11 is 1.60. The molecule has 3 aromatic carbocycles. The molecule has 0 saturated carbocycles. The number of hydrogen-bond acceptors (Lipinski definition) is 3. The van der Waals surface area contributed by atoms with E-state index < -0.39 is 0 Å². The first-order chi connectivity index (χ1) is 11.2. The Morgan fingerprint density at radius 2 is 1.48 bits per heavy atom. The quantitative estimate of drug-likeness (QED) is 0.687. The van der Waals surface area contributed by atoms with Gasteiger partial charge in [-0.25, -0.2) is 0 Å². The number of hydrogen-bond donors (Lipinski definition) is 2. The van der Waals surface area contributed by atoms with Crippen molar-refractivity contribution in [2.24, 2.45) is 0 Å². The molecule has 0 fully saturated rings. The summed E-state index contributed by atoms with van der Waals surface area (Å²) in [6.45, 7) is 0. The zero-order valence-electron chi connectivity index (χ0n) is 12.4. The molecule has 0 bridgehead atoms. The predicted octanol–water partition coefficient (Wildman–Crippen LogP) is 4.67. The Kier molecular flexibility index (Phi) is 4.64. The summed E-state index contributed by atoms with van der Waals surface area (Å²) < 4.78 is 0. The van der Waals surface area contributed by atoms with Gasteiger partial charge in [0.05, 0.1) is 5.56 Å². The Morgan fingerprint density at radius 1 is 0.826 bits per heavy atom. The smallest absolute Gasteiger partial charge is 0.257 e. The second kappa shape index (κ2) is 7.03. The molecular weight excluding hydrogens is 304 g/mol. The number of carbonyl (C=O) groups is 1. The lowest BCUT2D eigenvalue weighted by Crippen LogP contribution is -2.14. The van der Waals surface area contributed by atoms with Gasteiger partial charge < -0.3 is 11.1 Å². The number of benzene rings is 3. The summed E-state index contributed by atoms with van der Waals surface area (Å²) in [4.78, 5) is 14.5. The summed E-state index contributed by atoms with van der Waals surface area (Å²) in [5.74, 6) is -0.204. The fourth-order valence-electron chi connectivity index (χ4n) is 2.14. The van der Waals surface area contributed by atoms with Crippen LogP contribution < -0.4 is 11.1 Å². The van der Waals surface area contributed by atoms with Gasteiger partial charge in [-0.05, 0) is 42.5 Å². The molecule has 0 unspecified atom stereocenters. The molecule has 0 spiro atoms. The zero-order chi connectivity index (χ0) is 16.1. The van der Waals surface area contributed by atoms with Crippen molar-refractivity contribution in [2.45, 2.75) is 9.79 Å². The highest BCUT2D eigenvalue weighted by molar-refractivity contribution is 7.99. The molecular formula is C19H16N2OS. The lowest BCUT2D eigenvalue weighted by Gasteiger charge is -2.09. The number of carbonyl (C=O) groups excluding carboxylic acids is 1. The lowest BCUT2D eigenvalue weighted by molar-refractivity contribution is 0.102. The standard InChI is InChI=1S/C19H16N2OS/c20-18-12-11-16(23-15-9-5-2-6-10-15)13-17(18)19(22)21-14-7-3-1-4-8-14/h1-13H,20H2,(H,21,22). The summed E-state index contributed by atoms with van der Waals surface area (Å²) in [6, 6.07) is 24.9. The van der Waals surface area contributed by atoms with Crippen molar-refractivity contribution in [2.75, 3.05) is 11.1 Å². The second-order valence-corrected chi connectivity index (χ2v) is 6.13. The Balaban J connectivity index is 1.81. The van der Waals surface area contributed by atoms with Gasteiger partial charge in [0.2, 0.25) is 0 Å². The van der Waals surface area contributed by atoms with Crippen molar-refractivity contribution in [3.8, 4) is 0 Å². The van der Waals surface area contributed by atoms with Crippen LogP contribution in [-0.4, -0.2) is 5.91 Å². The van der Waals surface area contributed by atoms with E-state index in [4.69, 9.17) is 5.73 Å². The fourth-order valence-corrected chi connectivity index (χ4v) is 3.02. The van der Waals surface area contributed by atoms with E-state index in [0.29, 0.717) is 11.3 Å². The molecule has 23 heavy (non-hydrogen) atoms. The highest BCUT2D eigenvalue weighted by Crippen LogP contribution is 2.30. The number of nitrogen functional groups attached to an aromatic ring is 1. The zero-order valence-corrected chi connectivity index (χ0v) is 13.2. The van der Waals surface area contributed by atoms with Crippen molar-refractivity contribution in [1.82, 2.24) is 0 Å². The molecule has 0 aliphatic carbocycles. The normalized spacial score (nSPS) is 10.3. The maximum atomic E-state index is 12.4. The Hall–Kier alpha value is -2.72. The van der Waals surface area contributed by atoms with Gasteiger partial charge in [-0.2, -0.15) is 0 Å². The van der Waals surface area contributed by atoms with Gasteiger partial charge in [-0.1, -0.05) is 48.2 Å². The van der Waals surface area contributed by atoms with Gasteiger partial charge in [0.15, 0.2) is 0 Å². The molecule has 0 radical (unpaired) electrons. The number of nitrogens with one attached hydrogen (secondary N) is 1. The third-order valence-corrected chi connectivity index (χ3v) is 4.28. The van der Waals surface area contributed by atoms with Crippen molar-refractivity contribution in [3.05, 3.63) is 84.4 Å². The fraction of sp³-hybridized carbons (Fsp3) is 0. The summed E-state index contributed by atoms with van der Waals surface area (Å²) in [6.07, 6.45) is 0. The predicted molar refractivity (Wildman–Crippen MR) is 95.8 cm³/mol. The number of amides is 1. The van der Waals surface area contributed by atoms with Crippen LogP contribution >= 0.6 is 11.8 Å². The second-order valence-electron chi connectivity index (χ2n) is 4.98. The molecule has 3 rings (SSSR count). The van der Waals surface area contributed by atoms with E-state index in [1.54, 1.807) is 17.8 Å². The first-order valence-electron chi connectivity index (χ1n) is 7.21. The number of nitrogens with two attached hydrogens (primary N) is 1. The van der Waals surface area contributed by atoms with E-state index in [9.17, 15) is 4.79 Å². The molecule has 1 amide bonds. The first-order valence-corrected chi connectivity index (χ1v) is 8.03. The first kappa shape index (κ1) is 15.2. The minimum atomic E-state index is -0.204. The molecule has 3 nitrogen and oxygen atoms in total. The Bertz CT molecular complexity index is 804. The number of para-hydroxylation sites is 1. The van der Waals surface area contributed by atoms with Gasteiger partial charge in [0.25, 0.3) is 5.91 Å². The summed E-state index contributed by atoms with van der Waals surface area (Å²) in [5, 5.41) is 2.86. The largest absolute Gasteiger partial charge is 0.398 e. The molecule has 114 valence electrons. The Morgan fingerprint density at radius 3 is 2.17 bits per heavy atom. The van der Waals surface area contributed by atoms with E-state index >= 15 is 0 Å². The van der Waals surface area contributed by atoms with Crippen molar-refractivity contribution < 1.29 is 4.79 Å². The van der Waals surface area contributed by atoms with Gasteiger partial charge in [-0.3, -0.25) is 4.79 Å². The minimum absolute atomic E-state index is 0.204. The molecule has 4 heteroatoms. The van der Waals surface area contributed by atoms with Crippen LogP contribution in [0.3, 0.4) is 0 Å². The third kappa shape index (κ3) is 3.93. The van der Waals surface area contributed by atoms with E-state index in [-0.39, 0.29) is 5.91 Å². The average molecular weight is 320 g/mol. The number of rotatable bonds is 4. The molecule has 0 saturated heterocycles. The highest BCUT2D eigenvalue weighted by Gasteiger charge is 2.11. The van der Waals surface area contributed by atoms with Crippen LogP contribution in [-0.2, 0) is 0 Å². The van der Waals surface area contributed by atoms with Crippen LogP contribution in [0.5, 0.6) is 0 Å². The van der Waals surface area contributed by atoms with E-state index in [1.165, 1.54) is 0 Å². The molecule has 0 aromatic heterocycles. The van der Waals surface area contributed by atoms with Crippen molar-refractivity contribution in [1.29, 1.82) is 0 Å². The summed E-state index contributed by atoms with van der Waals surface area (Å²) in [7, 11) is 0. The number of anilines is 2. The molecule has 3 aromatic rings. The lowest BCUT2D eigenvalue weighted by atomic mass is 10.1. The molecule has 0 aliphatic rings. The topological polar surface area (TPSA) is 55.1 Å². The third-order valence-electron chi connectivity index (χ3n) is 3.28. The average Bonchev–Trinajstić information content (AvgIpc) is 2.58. The van der Waals surface area contributed by atoms with Gasteiger partial charge >= 0.3 is 0 Å². The maximum absolute atomic E-state index is 12.4. The van der Waals surface area contributed by atoms with Gasteiger partial charge in [0.1, 0.15) is 0 Å². The van der Waals surface area contributed by atoms with Crippen LogP contribution in [0.2, 0.25) is 0 Å². The SMILES string of the molecule is Nc1ccc(Sc2ccccc2)cc1C(=O)Nc1ccccc1. The molecule has 0 aliphatic heterocycles.